The van der Waals surface area contributed by atoms with Crippen molar-refractivity contribution in [3.05, 3.63) is 23.8 Å². The van der Waals surface area contributed by atoms with Crippen LogP contribution in [-0.2, 0) is 4.74 Å². The molecule has 0 aliphatic heterocycles. The molecule has 1 aromatic carbocycles. The molecule has 1 aliphatic rings. The molecule has 0 bridgehead atoms. The molecule has 0 heterocycles. The Morgan fingerprint density at radius 1 is 1.35 bits per heavy atom. The van der Waals surface area contributed by atoms with Crippen LogP contribution in [0.2, 0.25) is 0 Å². The van der Waals surface area contributed by atoms with Crippen molar-refractivity contribution in [2.75, 3.05) is 17.7 Å². The second kappa shape index (κ2) is 6.64. The minimum absolute atomic E-state index is 0.356. The average molecular weight is 276 g/mol. The quantitative estimate of drug-likeness (QED) is 0.653. The van der Waals surface area contributed by atoms with E-state index >= 15 is 0 Å². The van der Waals surface area contributed by atoms with Gasteiger partial charge in [0.15, 0.2) is 0 Å². The lowest BCUT2D eigenvalue weighted by molar-refractivity contribution is 0.0527. The molecular weight excluding hydrogens is 252 g/mol. The van der Waals surface area contributed by atoms with E-state index < -0.39 is 0 Å². The molecule has 2 rings (SSSR count). The summed E-state index contributed by atoms with van der Waals surface area (Å²) in [5.74, 6) is 0.460. The van der Waals surface area contributed by atoms with Crippen molar-refractivity contribution >= 4 is 17.3 Å². The molecule has 0 radical (unpaired) electrons. The van der Waals surface area contributed by atoms with Crippen molar-refractivity contribution in [3.8, 4) is 0 Å². The summed E-state index contributed by atoms with van der Waals surface area (Å²) < 4.78 is 5.02. The maximum Gasteiger partial charge on any atom is 0.340 e. The lowest BCUT2D eigenvalue weighted by Gasteiger charge is -2.28. The summed E-state index contributed by atoms with van der Waals surface area (Å²) in [6.07, 6.45) is 4.80. The van der Waals surface area contributed by atoms with Crippen LogP contribution in [0.3, 0.4) is 0 Å². The molecule has 4 nitrogen and oxygen atoms in total. The molecule has 20 heavy (non-hydrogen) atoms. The molecule has 1 aliphatic carbocycles. The molecule has 0 unspecified atom stereocenters. The third-order valence-electron chi connectivity index (χ3n) is 3.98. The van der Waals surface area contributed by atoms with E-state index in [4.69, 9.17) is 10.5 Å². The van der Waals surface area contributed by atoms with Crippen molar-refractivity contribution < 1.29 is 9.53 Å². The highest BCUT2D eigenvalue weighted by molar-refractivity contribution is 5.98. The summed E-state index contributed by atoms with van der Waals surface area (Å²) in [6, 6.07) is 5.93. The number of anilines is 2. The number of para-hydroxylation sites is 1. The maximum atomic E-state index is 11.8. The Morgan fingerprint density at radius 3 is 2.70 bits per heavy atom. The molecule has 0 aromatic heterocycles. The van der Waals surface area contributed by atoms with E-state index in [1.165, 1.54) is 12.8 Å². The lowest BCUT2D eigenvalue weighted by atomic mass is 9.87. The van der Waals surface area contributed by atoms with E-state index in [1.807, 2.05) is 12.1 Å². The number of nitrogens with one attached hydrogen (secondary N) is 1. The average Bonchev–Trinajstić information content (AvgIpc) is 2.44. The zero-order valence-electron chi connectivity index (χ0n) is 12.3. The van der Waals surface area contributed by atoms with Gasteiger partial charge in [-0.25, -0.2) is 4.79 Å². The Morgan fingerprint density at radius 2 is 2.05 bits per heavy atom. The van der Waals surface area contributed by atoms with Gasteiger partial charge in [0.25, 0.3) is 0 Å². The summed E-state index contributed by atoms with van der Waals surface area (Å²) in [5.41, 5.74) is 7.87. The van der Waals surface area contributed by atoms with Gasteiger partial charge in [0.1, 0.15) is 0 Å². The summed E-state index contributed by atoms with van der Waals surface area (Å²) in [4.78, 5) is 11.8. The monoisotopic (exact) mass is 276 g/mol. The summed E-state index contributed by atoms with van der Waals surface area (Å²) in [6.45, 7) is 4.45. The van der Waals surface area contributed by atoms with Gasteiger partial charge >= 0.3 is 5.97 Å². The van der Waals surface area contributed by atoms with Gasteiger partial charge in [0.05, 0.1) is 23.5 Å². The normalized spacial score (nSPS) is 22.3. The molecule has 0 saturated heterocycles. The summed E-state index contributed by atoms with van der Waals surface area (Å²) >= 11 is 0. The summed E-state index contributed by atoms with van der Waals surface area (Å²) in [7, 11) is 0. The van der Waals surface area contributed by atoms with Crippen LogP contribution in [0.15, 0.2) is 18.2 Å². The van der Waals surface area contributed by atoms with E-state index in [9.17, 15) is 4.79 Å². The topological polar surface area (TPSA) is 64.3 Å². The number of nitrogen functional groups attached to an aromatic ring is 1. The number of carbonyl (C=O) groups is 1. The fourth-order valence-electron chi connectivity index (χ4n) is 2.70. The van der Waals surface area contributed by atoms with Gasteiger partial charge in [0, 0.05) is 6.04 Å². The van der Waals surface area contributed by atoms with E-state index in [2.05, 4.69) is 12.2 Å². The smallest absolute Gasteiger partial charge is 0.340 e. The van der Waals surface area contributed by atoms with Crippen LogP contribution >= 0.6 is 0 Å². The first-order chi connectivity index (χ1) is 9.61. The second-order valence-electron chi connectivity index (χ2n) is 5.59. The Bertz CT molecular complexity index is 466. The second-order valence-corrected chi connectivity index (χ2v) is 5.59. The van der Waals surface area contributed by atoms with Gasteiger partial charge in [-0.15, -0.1) is 0 Å². The molecule has 0 atom stereocenters. The van der Waals surface area contributed by atoms with Crippen LogP contribution in [0.1, 0.15) is 49.9 Å². The number of esters is 1. The van der Waals surface area contributed by atoms with Gasteiger partial charge in [0.2, 0.25) is 0 Å². The number of nitrogens with two attached hydrogens (primary N) is 1. The number of ether oxygens (including phenoxy) is 1. The van der Waals surface area contributed by atoms with Gasteiger partial charge in [-0.05, 0) is 50.7 Å². The van der Waals surface area contributed by atoms with E-state index in [-0.39, 0.29) is 5.97 Å². The molecule has 1 saturated carbocycles. The number of rotatable bonds is 4. The largest absolute Gasteiger partial charge is 0.462 e. The van der Waals surface area contributed by atoms with Crippen molar-refractivity contribution in [2.24, 2.45) is 5.92 Å². The molecule has 4 heteroatoms. The van der Waals surface area contributed by atoms with Crippen LogP contribution in [0.5, 0.6) is 0 Å². The van der Waals surface area contributed by atoms with Crippen molar-refractivity contribution in [1.29, 1.82) is 0 Å². The molecule has 1 fully saturated rings. The maximum absolute atomic E-state index is 11.8. The van der Waals surface area contributed by atoms with Crippen molar-refractivity contribution in [2.45, 2.75) is 45.6 Å². The minimum atomic E-state index is -0.356. The Balaban J connectivity index is 2.08. The highest BCUT2D eigenvalue weighted by Gasteiger charge is 2.20. The molecule has 0 amide bonds. The SMILES string of the molecule is CCOC(=O)c1cccc(NC2CCC(C)CC2)c1N. The van der Waals surface area contributed by atoms with Crippen LogP contribution in [-0.4, -0.2) is 18.6 Å². The number of hydrogen-bond donors (Lipinski definition) is 2. The van der Waals surface area contributed by atoms with Gasteiger partial charge in [-0.2, -0.15) is 0 Å². The van der Waals surface area contributed by atoms with Crippen LogP contribution in [0.4, 0.5) is 11.4 Å². The molecule has 0 spiro atoms. The Hall–Kier alpha value is -1.71. The van der Waals surface area contributed by atoms with Crippen molar-refractivity contribution in [3.63, 3.8) is 0 Å². The number of carbonyl (C=O) groups excluding carboxylic acids is 1. The molecule has 1 aromatic rings. The zero-order valence-corrected chi connectivity index (χ0v) is 12.3. The third-order valence-corrected chi connectivity index (χ3v) is 3.98. The highest BCUT2D eigenvalue weighted by Crippen LogP contribution is 2.29. The van der Waals surface area contributed by atoms with E-state index in [0.717, 1.165) is 24.4 Å². The molecular formula is C16H24N2O2. The summed E-state index contributed by atoms with van der Waals surface area (Å²) in [5, 5.41) is 3.47. The third kappa shape index (κ3) is 3.44. The first kappa shape index (κ1) is 14.7. The van der Waals surface area contributed by atoms with Crippen molar-refractivity contribution in [1.82, 2.24) is 0 Å². The van der Waals surface area contributed by atoms with Gasteiger partial charge in [-0.1, -0.05) is 13.0 Å². The fraction of sp³-hybridized carbons (Fsp3) is 0.562. The standard InChI is InChI=1S/C16H24N2O2/c1-3-20-16(19)13-5-4-6-14(15(13)17)18-12-9-7-11(2)8-10-12/h4-6,11-12,18H,3,7-10,17H2,1-2H3. The minimum Gasteiger partial charge on any atom is -0.462 e. The van der Waals surface area contributed by atoms with Gasteiger partial charge < -0.3 is 15.8 Å². The predicted molar refractivity (Wildman–Crippen MR) is 81.9 cm³/mol. The van der Waals surface area contributed by atoms with Crippen LogP contribution in [0, 0.1) is 5.92 Å². The zero-order chi connectivity index (χ0) is 14.5. The van der Waals surface area contributed by atoms with E-state index in [1.54, 1.807) is 13.0 Å². The Labute approximate surface area is 120 Å². The molecule has 3 N–H and O–H groups in total. The Kier molecular flexibility index (Phi) is 4.88. The number of hydrogen-bond acceptors (Lipinski definition) is 4. The fourth-order valence-corrected chi connectivity index (χ4v) is 2.70. The first-order valence-electron chi connectivity index (χ1n) is 7.44. The molecule has 110 valence electrons. The highest BCUT2D eigenvalue weighted by atomic mass is 16.5. The van der Waals surface area contributed by atoms with Gasteiger partial charge in [-0.3, -0.25) is 0 Å². The first-order valence-corrected chi connectivity index (χ1v) is 7.44. The number of benzene rings is 1. The lowest BCUT2D eigenvalue weighted by Crippen LogP contribution is -2.26. The van der Waals surface area contributed by atoms with E-state index in [0.29, 0.717) is 23.9 Å². The predicted octanol–water partition coefficient (Wildman–Crippen LogP) is 3.44. The van der Waals surface area contributed by atoms with Crippen LogP contribution < -0.4 is 11.1 Å². The van der Waals surface area contributed by atoms with Crippen LogP contribution in [0.25, 0.3) is 0 Å².